The van der Waals surface area contributed by atoms with Crippen LogP contribution in [0.4, 0.5) is 20.6 Å². The Balaban J connectivity index is 1.53. The number of hydrogen-bond donors (Lipinski definition) is 1. The molecule has 142 valence electrons. The molecule has 1 fully saturated rings. The lowest BCUT2D eigenvalue weighted by molar-refractivity contribution is -0.116. The molecule has 0 unspecified atom stereocenters. The predicted octanol–water partition coefficient (Wildman–Crippen LogP) is 4.05. The Kier molecular flexibility index (Phi) is 6.06. The van der Waals surface area contributed by atoms with Crippen molar-refractivity contribution in [3.05, 3.63) is 59.9 Å². The van der Waals surface area contributed by atoms with Crippen LogP contribution in [0.2, 0.25) is 0 Å². The van der Waals surface area contributed by atoms with Gasteiger partial charge >= 0.3 is 6.03 Å². The standard InChI is InChI=1S/C21H24FN3O2/c1-2-3-4-16-5-9-18(10-6-16)23-20(26)15-24-13-14-25(21(24)27)19-11-7-17(22)8-12-19/h5-12H,2-4,13-15H2,1H3,(H,23,26). The number of nitrogens with one attached hydrogen (secondary N) is 1. The lowest BCUT2D eigenvalue weighted by Crippen LogP contribution is -2.37. The quantitative estimate of drug-likeness (QED) is 0.800. The maximum absolute atomic E-state index is 13.0. The van der Waals surface area contributed by atoms with Crippen molar-refractivity contribution in [3.8, 4) is 0 Å². The molecule has 3 amide bonds. The SMILES string of the molecule is CCCCc1ccc(NC(=O)CN2CCN(c3ccc(F)cc3)C2=O)cc1. The van der Waals surface area contributed by atoms with E-state index in [-0.39, 0.29) is 24.3 Å². The first kappa shape index (κ1) is 18.9. The number of carbonyl (C=O) groups is 2. The predicted molar refractivity (Wildman–Crippen MR) is 104 cm³/mol. The maximum Gasteiger partial charge on any atom is 0.325 e. The van der Waals surface area contributed by atoms with E-state index >= 15 is 0 Å². The molecule has 1 aliphatic heterocycles. The molecule has 0 aliphatic carbocycles. The van der Waals surface area contributed by atoms with Gasteiger partial charge in [-0.25, -0.2) is 9.18 Å². The van der Waals surface area contributed by atoms with Crippen LogP contribution in [-0.4, -0.2) is 36.5 Å². The summed E-state index contributed by atoms with van der Waals surface area (Å²) in [7, 11) is 0. The Morgan fingerprint density at radius 3 is 2.44 bits per heavy atom. The topological polar surface area (TPSA) is 52.7 Å². The van der Waals surface area contributed by atoms with Crippen LogP contribution in [0, 0.1) is 5.82 Å². The van der Waals surface area contributed by atoms with Gasteiger partial charge < -0.3 is 10.2 Å². The summed E-state index contributed by atoms with van der Waals surface area (Å²) in [6, 6.07) is 13.3. The molecule has 0 spiro atoms. The molecule has 0 bridgehead atoms. The van der Waals surface area contributed by atoms with Gasteiger partial charge in [0.2, 0.25) is 5.91 Å². The Labute approximate surface area is 158 Å². The number of hydrogen-bond acceptors (Lipinski definition) is 2. The molecule has 0 radical (unpaired) electrons. The van der Waals surface area contributed by atoms with E-state index in [2.05, 4.69) is 12.2 Å². The van der Waals surface area contributed by atoms with Gasteiger partial charge in [0.05, 0.1) is 0 Å². The van der Waals surface area contributed by atoms with Crippen LogP contribution in [0.3, 0.4) is 0 Å². The summed E-state index contributed by atoms with van der Waals surface area (Å²) in [6.45, 7) is 3.09. The van der Waals surface area contributed by atoms with E-state index in [1.165, 1.54) is 22.6 Å². The summed E-state index contributed by atoms with van der Waals surface area (Å²) in [5.74, 6) is -0.576. The van der Waals surface area contributed by atoms with Crippen LogP contribution in [-0.2, 0) is 11.2 Å². The van der Waals surface area contributed by atoms with E-state index in [9.17, 15) is 14.0 Å². The zero-order valence-electron chi connectivity index (χ0n) is 15.5. The molecule has 0 saturated carbocycles. The van der Waals surface area contributed by atoms with Crippen molar-refractivity contribution < 1.29 is 14.0 Å². The van der Waals surface area contributed by atoms with Crippen molar-refractivity contribution in [2.24, 2.45) is 0 Å². The number of halogens is 1. The van der Waals surface area contributed by atoms with E-state index in [0.29, 0.717) is 18.8 Å². The monoisotopic (exact) mass is 369 g/mol. The van der Waals surface area contributed by atoms with Gasteiger partial charge in [-0.1, -0.05) is 25.5 Å². The van der Waals surface area contributed by atoms with E-state index in [4.69, 9.17) is 0 Å². The van der Waals surface area contributed by atoms with Gasteiger partial charge in [0, 0.05) is 24.5 Å². The summed E-state index contributed by atoms with van der Waals surface area (Å²) in [5.41, 5.74) is 2.61. The average Bonchev–Trinajstić information content (AvgIpc) is 3.02. The minimum Gasteiger partial charge on any atom is -0.325 e. The summed E-state index contributed by atoms with van der Waals surface area (Å²) < 4.78 is 13.0. The van der Waals surface area contributed by atoms with Crippen molar-refractivity contribution >= 4 is 23.3 Å². The average molecular weight is 369 g/mol. The highest BCUT2D eigenvalue weighted by molar-refractivity contribution is 5.99. The van der Waals surface area contributed by atoms with Crippen molar-refractivity contribution in [3.63, 3.8) is 0 Å². The molecule has 1 N–H and O–H groups in total. The Morgan fingerprint density at radius 2 is 1.78 bits per heavy atom. The molecular weight excluding hydrogens is 345 g/mol. The van der Waals surface area contributed by atoms with Crippen molar-refractivity contribution in [2.75, 3.05) is 29.9 Å². The minimum atomic E-state index is -0.345. The molecule has 0 aromatic heterocycles. The zero-order valence-corrected chi connectivity index (χ0v) is 15.5. The number of carbonyl (C=O) groups excluding carboxylic acids is 2. The molecular formula is C21H24FN3O2. The first-order valence-electron chi connectivity index (χ1n) is 9.27. The van der Waals surface area contributed by atoms with Crippen LogP contribution >= 0.6 is 0 Å². The first-order chi connectivity index (χ1) is 13.1. The third-order valence-corrected chi connectivity index (χ3v) is 4.62. The smallest absolute Gasteiger partial charge is 0.325 e. The number of aryl methyl sites for hydroxylation is 1. The van der Waals surface area contributed by atoms with Crippen LogP contribution in [0.5, 0.6) is 0 Å². The molecule has 3 rings (SSSR count). The maximum atomic E-state index is 13.0. The Morgan fingerprint density at radius 1 is 1.07 bits per heavy atom. The third kappa shape index (κ3) is 4.84. The Bertz CT molecular complexity index is 790. The second-order valence-corrected chi connectivity index (χ2v) is 6.68. The lowest BCUT2D eigenvalue weighted by Gasteiger charge is -2.18. The number of rotatable bonds is 7. The molecule has 1 saturated heterocycles. The first-order valence-corrected chi connectivity index (χ1v) is 9.27. The number of amides is 3. The molecule has 1 aliphatic rings. The van der Waals surface area contributed by atoms with Crippen molar-refractivity contribution in [2.45, 2.75) is 26.2 Å². The highest BCUT2D eigenvalue weighted by Gasteiger charge is 2.30. The second-order valence-electron chi connectivity index (χ2n) is 6.68. The molecule has 2 aromatic rings. The lowest BCUT2D eigenvalue weighted by atomic mass is 10.1. The number of unbranched alkanes of at least 4 members (excludes halogenated alkanes) is 1. The summed E-state index contributed by atoms with van der Waals surface area (Å²) in [4.78, 5) is 27.8. The van der Waals surface area contributed by atoms with Crippen molar-refractivity contribution in [1.82, 2.24) is 4.90 Å². The van der Waals surface area contributed by atoms with Gasteiger partial charge in [-0.15, -0.1) is 0 Å². The number of urea groups is 1. The fourth-order valence-corrected chi connectivity index (χ4v) is 3.10. The largest absolute Gasteiger partial charge is 0.325 e. The second kappa shape index (κ2) is 8.66. The molecule has 0 atom stereocenters. The molecule has 5 nitrogen and oxygen atoms in total. The number of benzene rings is 2. The van der Waals surface area contributed by atoms with Gasteiger partial charge in [0.25, 0.3) is 0 Å². The van der Waals surface area contributed by atoms with Gasteiger partial charge in [0.1, 0.15) is 12.4 Å². The van der Waals surface area contributed by atoms with Gasteiger partial charge in [-0.05, 0) is 54.8 Å². The van der Waals surface area contributed by atoms with Crippen molar-refractivity contribution in [1.29, 1.82) is 0 Å². The number of nitrogens with zero attached hydrogens (tertiary/aromatic N) is 2. The van der Waals surface area contributed by atoms with Gasteiger partial charge in [-0.3, -0.25) is 9.69 Å². The van der Waals surface area contributed by atoms with E-state index in [1.54, 1.807) is 17.0 Å². The number of anilines is 2. The van der Waals surface area contributed by atoms with E-state index in [0.717, 1.165) is 24.9 Å². The fourth-order valence-electron chi connectivity index (χ4n) is 3.10. The van der Waals surface area contributed by atoms with E-state index < -0.39 is 0 Å². The highest BCUT2D eigenvalue weighted by Crippen LogP contribution is 2.20. The fraction of sp³-hybridized carbons (Fsp3) is 0.333. The minimum absolute atomic E-state index is 0.00584. The molecule has 1 heterocycles. The van der Waals surface area contributed by atoms with Crippen LogP contribution < -0.4 is 10.2 Å². The Hall–Kier alpha value is -2.89. The highest BCUT2D eigenvalue weighted by atomic mass is 19.1. The van der Waals surface area contributed by atoms with E-state index in [1.807, 2.05) is 24.3 Å². The van der Waals surface area contributed by atoms with Gasteiger partial charge in [0.15, 0.2) is 0 Å². The summed E-state index contributed by atoms with van der Waals surface area (Å²) >= 11 is 0. The summed E-state index contributed by atoms with van der Waals surface area (Å²) in [6.07, 6.45) is 3.33. The normalized spacial score (nSPS) is 13.9. The van der Waals surface area contributed by atoms with Crippen LogP contribution in [0.15, 0.2) is 48.5 Å². The van der Waals surface area contributed by atoms with Crippen LogP contribution in [0.25, 0.3) is 0 Å². The molecule has 2 aromatic carbocycles. The molecule has 27 heavy (non-hydrogen) atoms. The zero-order chi connectivity index (χ0) is 19.2. The van der Waals surface area contributed by atoms with Crippen LogP contribution in [0.1, 0.15) is 25.3 Å². The molecule has 6 heteroatoms. The summed E-state index contributed by atoms with van der Waals surface area (Å²) in [5, 5.41) is 2.83. The third-order valence-electron chi connectivity index (χ3n) is 4.62. The van der Waals surface area contributed by atoms with Gasteiger partial charge in [-0.2, -0.15) is 0 Å².